The minimum Gasteiger partial charge on any atom is -0.444 e. The summed E-state index contributed by atoms with van der Waals surface area (Å²) in [7, 11) is -3.92. The zero-order valence-corrected chi connectivity index (χ0v) is 15.4. The van der Waals surface area contributed by atoms with Crippen molar-refractivity contribution in [2.45, 2.75) is 52.2 Å². The zero-order chi connectivity index (χ0) is 18.5. The van der Waals surface area contributed by atoms with E-state index in [2.05, 4.69) is 10.0 Å². The number of hydrogen-bond acceptors (Lipinski definition) is 5. The number of sulfonamides is 1. The van der Waals surface area contributed by atoms with Gasteiger partial charge in [-0.15, -0.1) is 0 Å². The molecule has 0 bridgehead atoms. The number of nitrogens with one attached hydrogen (secondary N) is 2. The van der Waals surface area contributed by atoms with Crippen LogP contribution in [-0.4, -0.2) is 33.1 Å². The lowest BCUT2D eigenvalue weighted by atomic mass is 10.1. The molecule has 0 fully saturated rings. The van der Waals surface area contributed by atoms with E-state index in [1.807, 2.05) is 6.92 Å². The Morgan fingerprint density at radius 2 is 1.71 bits per heavy atom. The van der Waals surface area contributed by atoms with Crippen LogP contribution in [0, 0.1) is 20.8 Å². The van der Waals surface area contributed by atoms with Gasteiger partial charge in [0.15, 0.2) is 6.23 Å². The fraction of sp³-hybridized carbons (Fsp3) is 0.500. The molecule has 0 aliphatic heterocycles. The van der Waals surface area contributed by atoms with Crippen LogP contribution in [0.15, 0.2) is 17.0 Å². The average molecular weight is 356 g/mol. The molecular formula is C16H24N2O5S. The summed E-state index contributed by atoms with van der Waals surface area (Å²) < 4.78 is 32.7. The van der Waals surface area contributed by atoms with Gasteiger partial charge in [-0.3, -0.25) is 9.59 Å². The second kappa shape index (κ2) is 8.25. The molecule has 0 saturated carbocycles. The molecule has 1 rings (SSSR count). The summed E-state index contributed by atoms with van der Waals surface area (Å²) in [5.41, 5.74) is 2.15. The van der Waals surface area contributed by atoms with E-state index in [0.29, 0.717) is 11.1 Å². The molecule has 1 aromatic carbocycles. The van der Waals surface area contributed by atoms with Crippen LogP contribution in [0.5, 0.6) is 0 Å². The van der Waals surface area contributed by atoms with E-state index in [9.17, 15) is 18.0 Å². The van der Waals surface area contributed by atoms with E-state index in [1.54, 1.807) is 32.9 Å². The highest BCUT2D eigenvalue weighted by atomic mass is 32.2. The first kappa shape index (κ1) is 20.1. The Morgan fingerprint density at radius 1 is 1.17 bits per heavy atom. The van der Waals surface area contributed by atoms with Gasteiger partial charge >= 0.3 is 5.97 Å². The first-order valence-corrected chi connectivity index (χ1v) is 9.09. The molecule has 8 heteroatoms. The number of aryl methyl sites for hydroxylation is 3. The van der Waals surface area contributed by atoms with Crippen LogP contribution < -0.4 is 10.0 Å². The van der Waals surface area contributed by atoms with Crippen molar-refractivity contribution in [3.8, 4) is 0 Å². The standard InChI is InChI=1S/C16H24N2O5S/c1-6-14(20)17-9-15(23-13(5)19)18-24(21,22)16-11(3)7-10(2)8-12(16)4/h7-8,15,18H,6,9H2,1-5H3,(H,17,20). The summed E-state index contributed by atoms with van der Waals surface area (Å²) in [6.45, 7) is 7.98. The maximum atomic E-state index is 12.7. The molecular weight excluding hydrogens is 332 g/mol. The Balaban J connectivity index is 3.07. The molecule has 1 amide bonds. The third-order valence-corrected chi connectivity index (χ3v) is 5.03. The summed E-state index contributed by atoms with van der Waals surface area (Å²) >= 11 is 0. The van der Waals surface area contributed by atoms with Crippen molar-refractivity contribution in [1.29, 1.82) is 0 Å². The van der Waals surface area contributed by atoms with Crippen molar-refractivity contribution in [2.75, 3.05) is 6.54 Å². The molecule has 1 aromatic rings. The lowest BCUT2D eigenvalue weighted by Crippen LogP contribution is -2.46. The molecule has 134 valence electrons. The maximum Gasteiger partial charge on any atom is 0.304 e. The van der Waals surface area contributed by atoms with Gasteiger partial charge in [-0.25, -0.2) is 8.42 Å². The fourth-order valence-corrected chi connectivity index (χ4v) is 4.02. The molecule has 2 N–H and O–H groups in total. The van der Waals surface area contributed by atoms with Gasteiger partial charge in [-0.05, 0) is 31.9 Å². The third kappa shape index (κ3) is 5.61. The number of esters is 1. The van der Waals surface area contributed by atoms with Crippen LogP contribution in [0.3, 0.4) is 0 Å². The topological polar surface area (TPSA) is 102 Å². The van der Waals surface area contributed by atoms with Gasteiger partial charge in [-0.2, -0.15) is 4.72 Å². The number of amides is 1. The van der Waals surface area contributed by atoms with Crippen LogP contribution in [0.25, 0.3) is 0 Å². The van der Waals surface area contributed by atoms with Crippen molar-refractivity contribution in [2.24, 2.45) is 0 Å². The summed E-state index contributed by atoms with van der Waals surface area (Å²) in [5, 5.41) is 2.51. The van der Waals surface area contributed by atoms with Gasteiger partial charge < -0.3 is 10.1 Å². The molecule has 0 saturated heterocycles. The Morgan fingerprint density at radius 3 is 2.17 bits per heavy atom. The monoisotopic (exact) mass is 356 g/mol. The Labute approximate surface area is 142 Å². The van der Waals surface area contributed by atoms with Gasteiger partial charge in [0.2, 0.25) is 15.9 Å². The van der Waals surface area contributed by atoms with Gasteiger partial charge in [0.05, 0.1) is 11.4 Å². The number of ether oxygens (including phenoxy) is 1. The molecule has 0 heterocycles. The number of carbonyl (C=O) groups is 2. The number of benzene rings is 1. The summed E-state index contributed by atoms with van der Waals surface area (Å²) in [6, 6.07) is 3.53. The summed E-state index contributed by atoms with van der Waals surface area (Å²) in [5.74, 6) is -0.917. The largest absolute Gasteiger partial charge is 0.444 e. The number of carbonyl (C=O) groups excluding carboxylic acids is 2. The van der Waals surface area contributed by atoms with E-state index in [4.69, 9.17) is 4.74 Å². The van der Waals surface area contributed by atoms with Crippen LogP contribution in [0.2, 0.25) is 0 Å². The number of hydrogen-bond donors (Lipinski definition) is 2. The minimum absolute atomic E-state index is 0.143. The van der Waals surface area contributed by atoms with Gasteiger partial charge in [0, 0.05) is 13.3 Å². The van der Waals surface area contributed by atoms with Crippen molar-refractivity contribution in [1.82, 2.24) is 10.0 Å². The van der Waals surface area contributed by atoms with E-state index in [0.717, 1.165) is 5.56 Å². The van der Waals surface area contributed by atoms with Crippen molar-refractivity contribution in [3.05, 3.63) is 28.8 Å². The van der Waals surface area contributed by atoms with E-state index >= 15 is 0 Å². The van der Waals surface area contributed by atoms with E-state index in [-0.39, 0.29) is 23.8 Å². The van der Waals surface area contributed by atoms with E-state index < -0.39 is 22.2 Å². The first-order chi connectivity index (χ1) is 11.1. The Hall–Kier alpha value is -1.93. The van der Waals surface area contributed by atoms with E-state index in [1.165, 1.54) is 6.92 Å². The predicted octanol–water partition coefficient (Wildman–Crippen LogP) is 1.31. The van der Waals surface area contributed by atoms with Crippen molar-refractivity contribution >= 4 is 21.9 Å². The van der Waals surface area contributed by atoms with Crippen molar-refractivity contribution in [3.63, 3.8) is 0 Å². The smallest absolute Gasteiger partial charge is 0.304 e. The first-order valence-electron chi connectivity index (χ1n) is 7.61. The lowest BCUT2D eigenvalue weighted by Gasteiger charge is -2.20. The molecule has 0 aliphatic rings. The normalized spacial score (nSPS) is 12.5. The Bertz CT molecular complexity index is 705. The molecule has 1 atom stereocenters. The summed E-state index contributed by atoms with van der Waals surface area (Å²) in [4.78, 5) is 22.7. The molecule has 0 aliphatic carbocycles. The average Bonchev–Trinajstić information content (AvgIpc) is 2.41. The van der Waals surface area contributed by atoms with Crippen molar-refractivity contribution < 1.29 is 22.7 Å². The second-order valence-corrected chi connectivity index (χ2v) is 7.26. The highest BCUT2D eigenvalue weighted by Crippen LogP contribution is 2.21. The highest BCUT2D eigenvalue weighted by molar-refractivity contribution is 7.89. The Kier molecular flexibility index (Phi) is 6.92. The third-order valence-electron chi connectivity index (χ3n) is 3.27. The van der Waals surface area contributed by atoms with Crippen LogP contribution in [0.4, 0.5) is 0 Å². The molecule has 0 radical (unpaired) electrons. The van der Waals surface area contributed by atoms with Gasteiger partial charge in [0.25, 0.3) is 0 Å². The minimum atomic E-state index is -3.92. The SMILES string of the molecule is CCC(=O)NCC(NS(=O)(=O)c1c(C)cc(C)cc1C)OC(C)=O. The lowest BCUT2D eigenvalue weighted by molar-refractivity contribution is -0.147. The summed E-state index contributed by atoms with van der Waals surface area (Å²) in [6.07, 6.45) is -0.932. The van der Waals surface area contributed by atoms with Crippen LogP contribution in [0.1, 0.15) is 37.0 Å². The van der Waals surface area contributed by atoms with Gasteiger partial charge in [-0.1, -0.05) is 24.6 Å². The highest BCUT2D eigenvalue weighted by Gasteiger charge is 2.25. The molecule has 0 spiro atoms. The quantitative estimate of drug-likeness (QED) is 0.566. The fourth-order valence-electron chi connectivity index (χ4n) is 2.46. The second-order valence-electron chi connectivity index (χ2n) is 5.60. The molecule has 24 heavy (non-hydrogen) atoms. The maximum absolute atomic E-state index is 12.7. The van der Waals surface area contributed by atoms with Crippen LogP contribution >= 0.6 is 0 Å². The number of rotatable bonds is 7. The predicted molar refractivity (Wildman–Crippen MR) is 89.8 cm³/mol. The zero-order valence-electron chi connectivity index (χ0n) is 14.6. The molecule has 7 nitrogen and oxygen atoms in total. The molecule has 1 unspecified atom stereocenters. The van der Waals surface area contributed by atoms with Gasteiger partial charge in [0.1, 0.15) is 0 Å². The van der Waals surface area contributed by atoms with Crippen LogP contribution in [-0.2, 0) is 24.3 Å². The molecule has 0 aromatic heterocycles.